The molecular weight excluding hydrogens is 542 g/mol. The van der Waals surface area contributed by atoms with Crippen LogP contribution >= 0.6 is 0 Å². The highest BCUT2D eigenvalue weighted by molar-refractivity contribution is 5.70. The first-order valence-electron chi connectivity index (χ1n) is 17.7. The van der Waals surface area contributed by atoms with Crippen molar-refractivity contribution in [2.45, 2.75) is 156 Å². The van der Waals surface area contributed by atoms with Crippen LogP contribution in [-0.4, -0.2) is 63.9 Å². The highest BCUT2D eigenvalue weighted by Crippen LogP contribution is 2.22. The Hall–Kier alpha value is -1.89. The SMILES string of the molecule is CCC/C=C/CCCCCCCCCCCCCCCCCCC[N+](CC(C)C(=O)O)(CC(C)C(=O)O)CC(C)C(=O)O. The number of nitrogens with zero attached hydrogens (tertiary/aromatic N) is 1. The van der Waals surface area contributed by atoms with Crippen molar-refractivity contribution in [3.63, 3.8) is 0 Å². The van der Waals surface area contributed by atoms with E-state index in [1.165, 1.54) is 109 Å². The molecule has 3 unspecified atom stereocenters. The first-order valence-corrected chi connectivity index (χ1v) is 17.7. The van der Waals surface area contributed by atoms with Crippen molar-refractivity contribution in [1.82, 2.24) is 0 Å². The summed E-state index contributed by atoms with van der Waals surface area (Å²) in [5, 5.41) is 28.6. The highest BCUT2D eigenvalue weighted by Gasteiger charge is 2.38. The fraction of sp³-hybridized carbons (Fsp3) is 0.861. The molecule has 0 aromatic rings. The largest absolute Gasteiger partial charge is 0.481 e. The molecule has 43 heavy (non-hydrogen) atoms. The molecule has 3 N–H and O–H groups in total. The number of quaternary nitrogens is 1. The Morgan fingerprint density at radius 2 is 0.767 bits per heavy atom. The molecule has 0 aromatic carbocycles. The van der Waals surface area contributed by atoms with Crippen molar-refractivity contribution in [2.75, 3.05) is 26.2 Å². The van der Waals surface area contributed by atoms with Crippen LogP contribution in [0.5, 0.6) is 0 Å². The summed E-state index contributed by atoms with van der Waals surface area (Å²) >= 11 is 0. The minimum Gasteiger partial charge on any atom is -0.481 e. The van der Waals surface area contributed by atoms with Crippen LogP contribution in [0.3, 0.4) is 0 Å². The lowest BCUT2D eigenvalue weighted by molar-refractivity contribution is -0.934. The molecule has 0 aromatic heterocycles. The van der Waals surface area contributed by atoms with Crippen molar-refractivity contribution in [1.29, 1.82) is 0 Å². The second-order valence-corrected chi connectivity index (χ2v) is 13.4. The maximum absolute atomic E-state index is 11.6. The van der Waals surface area contributed by atoms with Gasteiger partial charge in [-0.3, -0.25) is 14.4 Å². The van der Waals surface area contributed by atoms with Gasteiger partial charge in [-0.2, -0.15) is 0 Å². The van der Waals surface area contributed by atoms with Crippen molar-refractivity contribution < 1.29 is 34.2 Å². The van der Waals surface area contributed by atoms with Gasteiger partial charge in [0.1, 0.15) is 17.8 Å². The molecule has 0 rings (SSSR count). The second-order valence-electron chi connectivity index (χ2n) is 13.4. The average molecular weight is 611 g/mol. The smallest absolute Gasteiger partial charge is 0.311 e. The van der Waals surface area contributed by atoms with Crippen molar-refractivity contribution in [3.05, 3.63) is 12.2 Å². The van der Waals surface area contributed by atoms with E-state index >= 15 is 0 Å². The first-order chi connectivity index (χ1) is 20.5. The second kappa shape index (κ2) is 26.5. The number of hydrogen-bond donors (Lipinski definition) is 3. The number of hydrogen-bond acceptors (Lipinski definition) is 3. The Balaban J connectivity index is 4.11. The summed E-state index contributed by atoms with van der Waals surface area (Å²) in [5.41, 5.74) is 0. The molecular formula is C36H68NO6+. The zero-order valence-electron chi connectivity index (χ0n) is 28.4. The fourth-order valence-corrected chi connectivity index (χ4v) is 6.24. The molecule has 0 spiro atoms. The van der Waals surface area contributed by atoms with E-state index in [0.717, 1.165) is 19.3 Å². The molecule has 0 amide bonds. The Labute approximate surface area is 264 Å². The van der Waals surface area contributed by atoms with Gasteiger partial charge in [-0.15, -0.1) is 0 Å². The van der Waals surface area contributed by atoms with Gasteiger partial charge in [0.25, 0.3) is 0 Å². The predicted molar refractivity (Wildman–Crippen MR) is 177 cm³/mol. The van der Waals surface area contributed by atoms with E-state index in [2.05, 4.69) is 19.1 Å². The zero-order chi connectivity index (χ0) is 32.3. The van der Waals surface area contributed by atoms with Crippen LogP contribution in [0.4, 0.5) is 0 Å². The summed E-state index contributed by atoms with van der Waals surface area (Å²) < 4.78 is 0.228. The summed E-state index contributed by atoms with van der Waals surface area (Å²) in [6.07, 6.45) is 30.0. The third-order valence-electron chi connectivity index (χ3n) is 8.87. The minimum absolute atomic E-state index is 0.228. The lowest BCUT2D eigenvalue weighted by atomic mass is 10.00. The van der Waals surface area contributed by atoms with E-state index in [0.29, 0.717) is 6.54 Å². The lowest BCUT2D eigenvalue weighted by Crippen LogP contribution is -2.57. The highest BCUT2D eigenvalue weighted by atomic mass is 16.4. The topological polar surface area (TPSA) is 112 Å². The van der Waals surface area contributed by atoms with Crippen LogP contribution in [0.15, 0.2) is 12.2 Å². The van der Waals surface area contributed by atoms with E-state index in [1.54, 1.807) is 20.8 Å². The number of aliphatic carboxylic acids is 3. The molecule has 3 atom stereocenters. The number of carboxylic acid groups (broad SMARTS) is 3. The number of unbranched alkanes of at least 4 members (excludes halogenated alkanes) is 18. The zero-order valence-corrected chi connectivity index (χ0v) is 28.4. The van der Waals surface area contributed by atoms with Crippen LogP contribution in [0.1, 0.15) is 156 Å². The molecule has 0 bridgehead atoms. The maximum atomic E-state index is 11.6. The van der Waals surface area contributed by atoms with Gasteiger partial charge in [-0.25, -0.2) is 0 Å². The first kappa shape index (κ1) is 41.1. The van der Waals surface area contributed by atoms with Crippen LogP contribution < -0.4 is 0 Å². The van der Waals surface area contributed by atoms with E-state index in [4.69, 9.17) is 0 Å². The fourth-order valence-electron chi connectivity index (χ4n) is 6.24. The monoisotopic (exact) mass is 611 g/mol. The molecule has 0 radical (unpaired) electrons. The molecule has 0 aliphatic heterocycles. The third-order valence-corrected chi connectivity index (χ3v) is 8.87. The van der Waals surface area contributed by atoms with E-state index in [9.17, 15) is 29.7 Å². The normalized spacial score (nSPS) is 15.3. The summed E-state index contributed by atoms with van der Waals surface area (Å²) in [4.78, 5) is 34.9. The molecule has 7 nitrogen and oxygen atoms in total. The average Bonchev–Trinajstić information content (AvgIpc) is 2.95. The van der Waals surface area contributed by atoms with Gasteiger partial charge in [-0.05, 0) is 52.9 Å². The molecule has 0 heterocycles. The number of allylic oxidation sites excluding steroid dienone is 2. The Kier molecular flexibility index (Phi) is 25.3. The summed E-state index contributed by atoms with van der Waals surface area (Å²) in [7, 11) is 0. The minimum atomic E-state index is -0.930. The third kappa shape index (κ3) is 23.2. The lowest BCUT2D eigenvalue weighted by Gasteiger charge is -2.42. The Morgan fingerprint density at radius 3 is 1.07 bits per heavy atom. The Bertz CT molecular complexity index is 697. The molecule has 0 aliphatic rings. The van der Waals surface area contributed by atoms with Crippen molar-refractivity contribution in [3.8, 4) is 0 Å². The quantitative estimate of drug-likeness (QED) is 0.0410. The standard InChI is InChI=1S/C36H67NO6/c1-5-6-7-8-9-10-11-12-13-14-15-16-17-18-19-20-21-22-23-24-25-26-27-37(28-31(2)34(38)39,29-32(3)35(40)41)30-33(4)36(42)43/h7-8,31-33H,5-6,9-30H2,1-4H3,(H2-,38,39,40,41,42,43)/p+1/b8-7+. The number of carbonyl (C=O) groups is 3. The number of carboxylic acids is 3. The van der Waals surface area contributed by atoms with Gasteiger partial charge >= 0.3 is 17.9 Å². The molecule has 0 fully saturated rings. The van der Waals surface area contributed by atoms with Crippen molar-refractivity contribution in [2.24, 2.45) is 17.8 Å². The van der Waals surface area contributed by atoms with Crippen LogP contribution in [0.25, 0.3) is 0 Å². The van der Waals surface area contributed by atoms with E-state index in [-0.39, 0.29) is 24.1 Å². The summed E-state index contributed by atoms with van der Waals surface area (Å²) in [5.74, 6) is -4.79. The summed E-state index contributed by atoms with van der Waals surface area (Å²) in [6, 6.07) is 0. The van der Waals surface area contributed by atoms with Crippen LogP contribution in [0.2, 0.25) is 0 Å². The van der Waals surface area contributed by atoms with Crippen LogP contribution in [0, 0.1) is 17.8 Å². The number of rotatable bonds is 31. The Morgan fingerprint density at radius 1 is 0.488 bits per heavy atom. The molecule has 7 heteroatoms. The van der Waals surface area contributed by atoms with Gasteiger partial charge in [-0.1, -0.05) is 115 Å². The van der Waals surface area contributed by atoms with E-state index in [1.807, 2.05) is 0 Å². The maximum Gasteiger partial charge on any atom is 0.311 e. The predicted octanol–water partition coefficient (Wildman–Crippen LogP) is 9.34. The van der Waals surface area contributed by atoms with Gasteiger partial charge in [0.05, 0.1) is 26.2 Å². The molecule has 0 saturated heterocycles. The van der Waals surface area contributed by atoms with Gasteiger partial charge in [0.2, 0.25) is 0 Å². The molecule has 252 valence electrons. The van der Waals surface area contributed by atoms with Gasteiger partial charge in [0, 0.05) is 0 Å². The van der Waals surface area contributed by atoms with Crippen molar-refractivity contribution >= 4 is 17.9 Å². The van der Waals surface area contributed by atoms with Crippen LogP contribution in [-0.2, 0) is 14.4 Å². The molecule has 0 aliphatic carbocycles. The van der Waals surface area contributed by atoms with Gasteiger partial charge < -0.3 is 19.8 Å². The van der Waals surface area contributed by atoms with E-state index < -0.39 is 35.7 Å². The van der Waals surface area contributed by atoms with Gasteiger partial charge in [0.15, 0.2) is 0 Å². The summed E-state index contributed by atoms with van der Waals surface area (Å²) in [6.45, 7) is 8.48. The molecule has 0 saturated carbocycles.